The van der Waals surface area contributed by atoms with E-state index >= 15 is 0 Å². The first-order valence-corrected chi connectivity index (χ1v) is 24.3. The van der Waals surface area contributed by atoms with Crippen molar-refractivity contribution in [2.75, 3.05) is 4.90 Å². The molecular formula is C68H44N2O. The van der Waals surface area contributed by atoms with E-state index in [9.17, 15) is 0 Å². The Labute approximate surface area is 411 Å². The second kappa shape index (κ2) is 16.7. The second-order valence-corrected chi connectivity index (χ2v) is 18.4. The van der Waals surface area contributed by atoms with Crippen LogP contribution in [0.4, 0.5) is 17.1 Å². The zero-order chi connectivity index (χ0) is 46.8. The molecule has 0 atom stereocenters. The van der Waals surface area contributed by atoms with Crippen molar-refractivity contribution >= 4 is 82.4 Å². The highest BCUT2D eigenvalue weighted by Crippen LogP contribution is 2.45. The van der Waals surface area contributed by atoms with Crippen LogP contribution in [0.25, 0.3) is 115 Å². The van der Waals surface area contributed by atoms with Gasteiger partial charge < -0.3 is 13.9 Å². The predicted octanol–water partition coefficient (Wildman–Crippen LogP) is 19.1. The summed E-state index contributed by atoms with van der Waals surface area (Å²) < 4.78 is 8.72. The molecule has 0 saturated heterocycles. The first-order valence-electron chi connectivity index (χ1n) is 24.3. The van der Waals surface area contributed by atoms with Crippen LogP contribution in [-0.2, 0) is 0 Å². The quantitative estimate of drug-likeness (QED) is 0.142. The van der Waals surface area contributed by atoms with E-state index in [1.54, 1.807) is 0 Å². The maximum absolute atomic E-state index is 6.33. The number of hydrogen-bond acceptors (Lipinski definition) is 2. The van der Waals surface area contributed by atoms with Crippen LogP contribution in [0.2, 0.25) is 0 Å². The summed E-state index contributed by atoms with van der Waals surface area (Å²) in [5.74, 6) is 0. The van der Waals surface area contributed by atoms with Crippen LogP contribution < -0.4 is 4.90 Å². The molecule has 14 rings (SSSR count). The number of nitrogens with zero attached hydrogens (tertiary/aromatic N) is 2. The topological polar surface area (TPSA) is 21.3 Å². The lowest BCUT2D eigenvalue weighted by Gasteiger charge is -2.29. The highest BCUT2D eigenvalue weighted by molar-refractivity contribution is 6.13. The Bertz CT molecular complexity index is 4280. The standard InChI is InChI=1S/C68H44N2O/c1-2-14-47(15-3-1)57-39-34-51(56-23-13-24-58-55-19-5-4-16-48(55)32-40-59(56)58)43-66(57)69(53-37-30-46(31-38-53)50-33-41-63-62-22-8-11-27-67(62)71-68(63)44-50)52-35-28-45(29-36-52)49-17-12-18-54(42-49)70-64-25-9-6-20-60(64)61-21-7-10-26-65(61)70/h1-44H. The van der Waals surface area contributed by atoms with Crippen molar-refractivity contribution in [1.29, 1.82) is 0 Å². The summed E-state index contributed by atoms with van der Waals surface area (Å²) in [7, 11) is 0. The zero-order valence-electron chi connectivity index (χ0n) is 38.7. The molecule has 12 aromatic carbocycles. The van der Waals surface area contributed by atoms with Crippen LogP contribution in [0.15, 0.2) is 271 Å². The Balaban J connectivity index is 0.921. The number of fused-ring (bicyclic) bond motifs is 9. The molecule has 3 heteroatoms. The van der Waals surface area contributed by atoms with Gasteiger partial charge in [0.05, 0.1) is 16.7 Å². The molecule has 0 saturated carbocycles. The van der Waals surface area contributed by atoms with Gasteiger partial charge in [-0.1, -0.05) is 194 Å². The molecular weight excluding hydrogens is 861 g/mol. The van der Waals surface area contributed by atoms with Crippen molar-refractivity contribution in [2.24, 2.45) is 0 Å². The summed E-state index contributed by atoms with van der Waals surface area (Å²) in [5, 5.41) is 9.75. The summed E-state index contributed by atoms with van der Waals surface area (Å²) in [6.45, 7) is 0. The van der Waals surface area contributed by atoms with Gasteiger partial charge in [0.2, 0.25) is 0 Å². The van der Waals surface area contributed by atoms with Gasteiger partial charge >= 0.3 is 0 Å². The fourth-order valence-corrected chi connectivity index (χ4v) is 11.0. The molecule has 0 N–H and O–H groups in total. The lowest BCUT2D eigenvalue weighted by atomic mass is 9.92. The molecule has 0 bridgehead atoms. The molecule has 2 heterocycles. The van der Waals surface area contributed by atoms with Crippen molar-refractivity contribution in [2.45, 2.75) is 0 Å². The van der Waals surface area contributed by atoms with Crippen molar-refractivity contribution in [3.63, 3.8) is 0 Å². The van der Waals surface area contributed by atoms with Crippen LogP contribution >= 0.6 is 0 Å². The molecule has 0 aliphatic carbocycles. The number of rotatable bonds is 8. The lowest BCUT2D eigenvalue weighted by Crippen LogP contribution is -2.11. The van der Waals surface area contributed by atoms with E-state index in [4.69, 9.17) is 4.42 Å². The molecule has 0 aliphatic rings. The SMILES string of the molecule is c1ccc(-c2ccc(-c3cccc4c3ccc3ccccc34)cc2N(c2ccc(-c3cccc(-n4c5ccccc5c5ccccc54)c3)cc2)c2ccc(-c3ccc4c(c3)oc3ccccc34)cc2)cc1. The number of para-hydroxylation sites is 3. The molecule has 0 amide bonds. The smallest absolute Gasteiger partial charge is 0.136 e. The zero-order valence-corrected chi connectivity index (χ0v) is 38.7. The summed E-state index contributed by atoms with van der Waals surface area (Å²) in [5.41, 5.74) is 17.7. The van der Waals surface area contributed by atoms with E-state index in [1.807, 2.05) is 12.1 Å². The van der Waals surface area contributed by atoms with E-state index < -0.39 is 0 Å². The average molecular weight is 905 g/mol. The molecule has 332 valence electrons. The summed E-state index contributed by atoms with van der Waals surface area (Å²) in [4.78, 5) is 2.43. The van der Waals surface area contributed by atoms with Gasteiger partial charge in [0, 0.05) is 44.2 Å². The largest absolute Gasteiger partial charge is 0.456 e. The molecule has 2 aromatic heterocycles. The minimum absolute atomic E-state index is 0.890. The summed E-state index contributed by atoms with van der Waals surface area (Å²) in [6, 6.07) is 96.9. The second-order valence-electron chi connectivity index (χ2n) is 18.4. The minimum Gasteiger partial charge on any atom is -0.456 e. The molecule has 0 fully saturated rings. The van der Waals surface area contributed by atoms with Crippen LogP contribution in [0, 0.1) is 0 Å². The fraction of sp³-hybridized carbons (Fsp3) is 0. The van der Waals surface area contributed by atoms with Crippen LogP contribution in [-0.4, -0.2) is 4.57 Å². The number of hydrogen-bond donors (Lipinski definition) is 0. The van der Waals surface area contributed by atoms with Gasteiger partial charge in [0.25, 0.3) is 0 Å². The molecule has 71 heavy (non-hydrogen) atoms. The Morgan fingerprint density at radius 1 is 0.282 bits per heavy atom. The van der Waals surface area contributed by atoms with Crippen molar-refractivity contribution in [1.82, 2.24) is 4.57 Å². The summed E-state index contributed by atoms with van der Waals surface area (Å²) >= 11 is 0. The first-order chi connectivity index (χ1) is 35.2. The molecule has 14 aromatic rings. The lowest BCUT2D eigenvalue weighted by molar-refractivity contribution is 0.669. The van der Waals surface area contributed by atoms with Crippen molar-refractivity contribution in [3.8, 4) is 50.2 Å². The maximum atomic E-state index is 6.33. The van der Waals surface area contributed by atoms with Gasteiger partial charge in [-0.05, 0) is 133 Å². The third-order valence-corrected chi connectivity index (χ3v) is 14.4. The van der Waals surface area contributed by atoms with Gasteiger partial charge in [0.15, 0.2) is 0 Å². The highest BCUT2D eigenvalue weighted by atomic mass is 16.3. The van der Waals surface area contributed by atoms with Gasteiger partial charge in [-0.25, -0.2) is 0 Å². The first kappa shape index (κ1) is 40.6. The Kier molecular flexibility index (Phi) is 9.53. The van der Waals surface area contributed by atoms with Crippen LogP contribution in [0.1, 0.15) is 0 Å². The van der Waals surface area contributed by atoms with Crippen LogP contribution in [0.3, 0.4) is 0 Å². The Hall–Kier alpha value is -9.44. The van der Waals surface area contributed by atoms with E-state index in [2.05, 4.69) is 264 Å². The number of furan rings is 1. The molecule has 0 radical (unpaired) electrons. The maximum Gasteiger partial charge on any atom is 0.136 e. The predicted molar refractivity (Wildman–Crippen MR) is 299 cm³/mol. The van der Waals surface area contributed by atoms with Crippen molar-refractivity contribution < 1.29 is 4.42 Å². The number of aromatic nitrogens is 1. The van der Waals surface area contributed by atoms with Gasteiger partial charge in [-0.15, -0.1) is 0 Å². The van der Waals surface area contributed by atoms with E-state index in [0.717, 1.165) is 83.6 Å². The van der Waals surface area contributed by atoms with Crippen molar-refractivity contribution in [3.05, 3.63) is 267 Å². The van der Waals surface area contributed by atoms with E-state index in [1.165, 1.54) is 48.9 Å². The van der Waals surface area contributed by atoms with E-state index in [0.29, 0.717) is 0 Å². The third-order valence-electron chi connectivity index (χ3n) is 14.4. The monoisotopic (exact) mass is 904 g/mol. The normalized spacial score (nSPS) is 11.7. The molecule has 0 spiro atoms. The average Bonchev–Trinajstić information content (AvgIpc) is 3.99. The minimum atomic E-state index is 0.890. The molecule has 3 nitrogen and oxygen atoms in total. The summed E-state index contributed by atoms with van der Waals surface area (Å²) in [6.07, 6.45) is 0. The van der Waals surface area contributed by atoms with E-state index in [-0.39, 0.29) is 0 Å². The van der Waals surface area contributed by atoms with Gasteiger partial charge in [0.1, 0.15) is 11.2 Å². The van der Waals surface area contributed by atoms with Gasteiger partial charge in [-0.2, -0.15) is 0 Å². The number of anilines is 3. The molecule has 0 aliphatic heterocycles. The molecule has 0 unspecified atom stereocenters. The van der Waals surface area contributed by atoms with Gasteiger partial charge in [-0.3, -0.25) is 0 Å². The highest BCUT2D eigenvalue weighted by Gasteiger charge is 2.21. The van der Waals surface area contributed by atoms with Crippen LogP contribution in [0.5, 0.6) is 0 Å². The number of benzene rings is 12. The Morgan fingerprint density at radius 2 is 0.831 bits per heavy atom. The Morgan fingerprint density at radius 3 is 1.58 bits per heavy atom. The fourth-order valence-electron chi connectivity index (χ4n) is 11.0. The third kappa shape index (κ3) is 6.89.